The number of fused-ring (bicyclic) bond motifs is 4. The molecular weight excluding hydrogens is 556 g/mol. The van der Waals surface area contributed by atoms with Crippen LogP contribution in [0.15, 0.2) is 146 Å². The fraction of sp³-hybridized carbons (Fsp3) is 0.0244. The minimum Gasteiger partial charge on any atom is -0.508 e. The van der Waals surface area contributed by atoms with Gasteiger partial charge in [0.25, 0.3) is 0 Å². The molecule has 0 amide bonds. The summed E-state index contributed by atoms with van der Waals surface area (Å²) in [5, 5.41) is 48.1. The lowest BCUT2D eigenvalue weighted by molar-refractivity contribution is 0.470. The van der Waals surface area contributed by atoms with E-state index in [1.165, 1.54) is 0 Å². The van der Waals surface area contributed by atoms with Crippen LogP contribution < -0.4 is 0 Å². The molecular formula is C41H32O4. The van der Waals surface area contributed by atoms with E-state index < -0.39 is 0 Å². The van der Waals surface area contributed by atoms with Gasteiger partial charge < -0.3 is 20.4 Å². The van der Waals surface area contributed by atoms with Crippen molar-refractivity contribution in [1.82, 2.24) is 0 Å². The summed E-state index contributed by atoms with van der Waals surface area (Å²) in [6.07, 6.45) is 0. The van der Waals surface area contributed by atoms with Crippen molar-refractivity contribution in [3.05, 3.63) is 146 Å². The quantitative estimate of drug-likeness (QED) is 0.162. The molecule has 0 saturated carbocycles. The van der Waals surface area contributed by atoms with Crippen LogP contribution in [0.5, 0.6) is 23.0 Å². The Morgan fingerprint density at radius 3 is 1.11 bits per heavy atom. The molecule has 4 heteroatoms. The maximum absolute atomic E-state index is 10.4. The number of hydrogen-bond donors (Lipinski definition) is 4. The van der Waals surface area contributed by atoms with Gasteiger partial charge in [0.15, 0.2) is 0 Å². The minimum atomic E-state index is 0. The summed E-state index contributed by atoms with van der Waals surface area (Å²) in [6.45, 7) is 0. The average Bonchev–Trinajstić information content (AvgIpc) is 3.05. The molecule has 0 unspecified atom stereocenters. The molecule has 8 rings (SSSR count). The zero-order chi connectivity index (χ0) is 30.2. The largest absolute Gasteiger partial charge is 0.508 e. The van der Waals surface area contributed by atoms with Gasteiger partial charge >= 0.3 is 0 Å². The summed E-state index contributed by atoms with van der Waals surface area (Å²) in [7, 11) is 0. The van der Waals surface area contributed by atoms with Crippen LogP contribution in [0.25, 0.3) is 65.3 Å². The molecule has 0 fully saturated rings. The van der Waals surface area contributed by atoms with Crippen molar-refractivity contribution in [3.8, 4) is 45.3 Å². The average molecular weight is 589 g/mol. The van der Waals surface area contributed by atoms with Crippen molar-refractivity contribution in [3.63, 3.8) is 0 Å². The Kier molecular flexibility index (Phi) is 7.72. The smallest absolute Gasteiger partial charge is 0.124 e. The van der Waals surface area contributed by atoms with E-state index >= 15 is 0 Å². The molecule has 0 saturated heterocycles. The summed E-state index contributed by atoms with van der Waals surface area (Å²) in [6, 6.07) is 46.0. The second-order valence-electron chi connectivity index (χ2n) is 10.9. The zero-order valence-corrected chi connectivity index (χ0v) is 23.6. The summed E-state index contributed by atoms with van der Waals surface area (Å²) >= 11 is 0. The Bertz CT molecular complexity index is 2170. The molecule has 45 heavy (non-hydrogen) atoms. The third-order valence-corrected chi connectivity index (χ3v) is 8.05. The lowest BCUT2D eigenvalue weighted by Crippen LogP contribution is -1.86. The molecule has 0 bridgehead atoms. The molecule has 0 atom stereocenters. The van der Waals surface area contributed by atoms with Crippen LogP contribution in [-0.4, -0.2) is 20.4 Å². The van der Waals surface area contributed by atoms with Gasteiger partial charge in [-0.15, -0.1) is 0 Å². The van der Waals surface area contributed by atoms with Crippen molar-refractivity contribution < 1.29 is 20.4 Å². The van der Waals surface area contributed by atoms with Gasteiger partial charge in [0.2, 0.25) is 0 Å². The van der Waals surface area contributed by atoms with Gasteiger partial charge in [0.1, 0.15) is 23.0 Å². The van der Waals surface area contributed by atoms with Gasteiger partial charge in [-0.25, -0.2) is 0 Å². The van der Waals surface area contributed by atoms with Gasteiger partial charge in [0, 0.05) is 11.1 Å². The van der Waals surface area contributed by atoms with Crippen LogP contribution in [0, 0.1) is 0 Å². The minimum absolute atomic E-state index is 0. The number of rotatable bonds is 2. The molecule has 0 aliphatic carbocycles. The third-order valence-electron chi connectivity index (χ3n) is 8.05. The molecule has 0 aliphatic rings. The van der Waals surface area contributed by atoms with E-state index in [1.54, 1.807) is 36.4 Å². The van der Waals surface area contributed by atoms with E-state index in [4.69, 9.17) is 0 Å². The van der Waals surface area contributed by atoms with E-state index in [-0.39, 0.29) is 30.4 Å². The Morgan fingerprint density at radius 1 is 0.311 bits per heavy atom. The summed E-state index contributed by atoms with van der Waals surface area (Å²) in [5.41, 5.74) is 3.61. The summed E-state index contributed by atoms with van der Waals surface area (Å²) in [4.78, 5) is 0. The fourth-order valence-corrected chi connectivity index (χ4v) is 5.87. The summed E-state index contributed by atoms with van der Waals surface area (Å²) < 4.78 is 0. The molecule has 0 aliphatic heterocycles. The van der Waals surface area contributed by atoms with Crippen LogP contribution >= 0.6 is 0 Å². The van der Waals surface area contributed by atoms with Crippen LogP contribution in [0.4, 0.5) is 0 Å². The first-order chi connectivity index (χ1) is 21.4. The second kappa shape index (κ2) is 11.9. The maximum atomic E-state index is 10.4. The highest BCUT2D eigenvalue weighted by Crippen LogP contribution is 2.44. The van der Waals surface area contributed by atoms with Crippen LogP contribution in [-0.2, 0) is 0 Å². The van der Waals surface area contributed by atoms with Crippen molar-refractivity contribution in [2.24, 2.45) is 0 Å². The first kappa shape index (κ1) is 29.1. The maximum Gasteiger partial charge on any atom is 0.124 e. The number of phenolic OH excluding ortho intramolecular Hbond substituents is 4. The third kappa shape index (κ3) is 5.57. The standard InChI is InChI=1S/2C20H14O2.CH4/c21-19-7-5-15-9-13(1-3-17(15)11-19)14-2-4-18-12-20(22)8-6-16(18)10-14;21-17-11-9-13-5-1-3-7-15(13)19(17)20-16-8-4-2-6-14(16)10-12-18(20)22;/h2*1-12,21-22H;1H4. The SMILES string of the molecule is C.Oc1ccc2cc(-c3ccc4cc(O)ccc4c3)ccc2c1.Oc1ccc2ccccc2c1-c1c(O)ccc2ccccc12. The van der Waals surface area contributed by atoms with E-state index in [9.17, 15) is 20.4 Å². The Morgan fingerprint density at radius 2 is 0.667 bits per heavy atom. The monoisotopic (exact) mass is 588 g/mol. The lowest BCUT2D eigenvalue weighted by atomic mass is 9.92. The first-order valence-corrected chi connectivity index (χ1v) is 14.3. The molecule has 8 aromatic carbocycles. The summed E-state index contributed by atoms with van der Waals surface area (Å²) in [5.74, 6) is 0.909. The number of phenols is 4. The van der Waals surface area contributed by atoms with Crippen LogP contribution in [0.1, 0.15) is 7.43 Å². The first-order valence-electron chi connectivity index (χ1n) is 14.3. The van der Waals surface area contributed by atoms with Gasteiger partial charge in [-0.1, -0.05) is 104 Å². The highest BCUT2D eigenvalue weighted by atomic mass is 16.3. The molecule has 4 N–H and O–H groups in total. The topological polar surface area (TPSA) is 80.9 Å². The van der Waals surface area contributed by atoms with E-state index in [1.807, 2.05) is 84.9 Å². The van der Waals surface area contributed by atoms with Crippen molar-refractivity contribution in [1.29, 1.82) is 0 Å². The zero-order valence-electron chi connectivity index (χ0n) is 23.6. The fourth-order valence-electron chi connectivity index (χ4n) is 5.87. The van der Waals surface area contributed by atoms with Crippen LogP contribution in [0.2, 0.25) is 0 Å². The molecule has 0 heterocycles. The lowest BCUT2D eigenvalue weighted by Gasteiger charge is -2.14. The predicted molar refractivity (Wildman–Crippen MR) is 187 cm³/mol. The highest BCUT2D eigenvalue weighted by Gasteiger charge is 2.16. The van der Waals surface area contributed by atoms with E-state index in [0.29, 0.717) is 11.1 Å². The normalized spacial score (nSPS) is 10.8. The van der Waals surface area contributed by atoms with Crippen LogP contribution in [0.3, 0.4) is 0 Å². The number of benzene rings is 8. The Hall–Kier alpha value is -6.00. The van der Waals surface area contributed by atoms with E-state index in [0.717, 1.165) is 54.2 Å². The van der Waals surface area contributed by atoms with Crippen molar-refractivity contribution in [2.45, 2.75) is 7.43 Å². The molecule has 220 valence electrons. The Balaban J connectivity index is 0.000000155. The van der Waals surface area contributed by atoms with Gasteiger partial charge in [0.05, 0.1) is 0 Å². The van der Waals surface area contributed by atoms with Crippen molar-refractivity contribution in [2.75, 3.05) is 0 Å². The molecule has 0 spiro atoms. The predicted octanol–water partition coefficient (Wildman–Crippen LogP) is 10.8. The molecule has 0 radical (unpaired) electrons. The van der Waals surface area contributed by atoms with E-state index in [2.05, 4.69) is 24.3 Å². The van der Waals surface area contributed by atoms with Crippen molar-refractivity contribution >= 4 is 43.1 Å². The number of aromatic hydroxyl groups is 4. The van der Waals surface area contributed by atoms with Gasteiger partial charge in [-0.3, -0.25) is 0 Å². The molecule has 4 nitrogen and oxygen atoms in total. The number of hydrogen-bond acceptors (Lipinski definition) is 4. The molecule has 0 aromatic heterocycles. The Labute approximate surface area is 261 Å². The molecule has 8 aromatic rings. The van der Waals surface area contributed by atoms with Gasteiger partial charge in [-0.2, -0.15) is 0 Å². The second-order valence-corrected chi connectivity index (χ2v) is 10.9. The van der Waals surface area contributed by atoms with Gasteiger partial charge in [-0.05, 0) is 103 Å². The highest BCUT2D eigenvalue weighted by molar-refractivity contribution is 6.09.